The zero-order valence-electron chi connectivity index (χ0n) is 15.8. The van der Waals surface area contributed by atoms with Crippen molar-refractivity contribution in [1.82, 2.24) is 16.0 Å². The van der Waals surface area contributed by atoms with Gasteiger partial charge in [-0.15, -0.1) is 24.0 Å². The number of hydrogen-bond donors (Lipinski definition) is 3. The minimum atomic E-state index is -0.0523. The van der Waals surface area contributed by atoms with Crippen LogP contribution in [0.4, 0.5) is 0 Å². The Kier molecular flexibility index (Phi) is 9.92. The molecule has 1 aromatic rings. The first-order valence-corrected chi connectivity index (χ1v) is 9.77. The Morgan fingerprint density at radius 1 is 1.15 bits per heavy atom. The molecule has 0 heterocycles. The largest absolute Gasteiger partial charge is 0.357 e. The Morgan fingerprint density at radius 2 is 1.77 bits per heavy atom. The quantitative estimate of drug-likeness (QED) is 0.206. The highest BCUT2D eigenvalue weighted by Crippen LogP contribution is 2.28. The molecule has 3 N–H and O–H groups in total. The molecule has 2 rings (SSSR count). The molecule has 0 aliphatic heterocycles. The zero-order valence-corrected chi connectivity index (χ0v) is 19.7. The van der Waals surface area contributed by atoms with Crippen molar-refractivity contribution in [3.63, 3.8) is 0 Å². The van der Waals surface area contributed by atoms with Crippen LogP contribution in [0.2, 0.25) is 0 Å². The summed E-state index contributed by atoms with van der Waals surface area (Å²) >= 11 is 3.48. The molecule has 0 bridgehead atoms. The summed E-state index contributed by atoms with van der Waals surface area (Å²) in [5.41, 5.74) is 1.20. The number of carbonyl (C=O) groups excluding carboxylic acids is 1. The van der Waals surface area contributed by atoms with Crippen molar-refractivity contribution in [2.24, 2.45) is 10.9 Å². The van der Waals surface area contributed by atoms with Crippen LogP contribution in [-0.4, -0.2) is 38.0 Å². The van der Waals surface area contributed by atoms with Gasteiger partial charge in [-0.2, -0.15) is 0 Å². The number of aliphatic imine (C=N–C) groups is 1. The van der Waals surface area contributed by atoms with Gasteiger partial charge in [-0.1, -0.05) is 41.9 Å². The maximum atomic E-state index is 11.6. The Morgan fingerprint density at radius 3 is 2.35 bits per heavy atom. The van der Waals surface area contributed by atoms with Gasteiger partial charge >= 0.3 is 0 Å². The Balaban J connectivity index is 0.00000338. The average molecular weight is 537 g/mol. The predicted octanol–water partition coefficient (Wildman–Crippen LogP) is 3.43. The number of nitrogens with zero attached hydrogens (tertiary/aromatic N) is 1. The predicted molar refractivity (Wildman–Crippen MR) is 122 cm³/mol. The lowest BCUT2D eigenvalue weighted by Crippen LogP contribution is -2.42. The highest BCUT2D eigenvalue weighted by atomic mass is 127. The first-order valence-electron chi connectivity index (χ1n) is 8.98. The van der Waals surface area contributed by atoms with Gasteiger partial charge < -0.3 is 16.0 Å². The molecule has 0 spiro atoms. The van der Waals surface area contributed by atoms with Crippen LogP contribution in [0.15, 0.2) is 33.7 Å². The van der Waals surface area contributed by atoms with Gasteiger partial charge in [0.15, 0.2) is 5.96 Å². The van der Waals surface area contributed by atoms with Crippen LogP contribution in [0, 0.1) is 5.92 Å². The van der Waals surface area contributed by atoms with Crippen LogP contribution in [-0.2, 0) is 10.2 Å². The van der Waals surface area contributed by atoms with Crippen molar-refractivity contribution in [1.29, 1.82) is 0 Å². The molecule has 7 heteroatoms. The third-order valence-electron chi connectivity index (χ3n) is 4.27. The number of guanidine groups is 1. The maximum absolute atomic E-state index is 11.6. The summed E-state index contributed by atoms with van der Waals surface area (Å²) in [5.74, 6) is 1.22. The summed E-state index contributed by atoms with van der Waals surface area (Å²) < 4.78 is 1.08. The highest BCUT2D eigenvalue weighted by Gasteiger charge is 2.29. The van der Waals surface area contributed by atoms with E-state index in [2.05, 4.69) is 70.0 Å². The Hall–Kier alpha value is -0.830. The molecule has 0 unspecified atom stereocenters. The molecular formula is C19H30BrIN4O. The summed E-state index contributed by atoms with van der Waals surface area (Å²) in [6.07, 6.45) is 2.07. The summed E-state index contributed by atoms with van der Waals surface area (Å²) in [5, 5.41) is 9.50. The molecule has 0 saturated heterocycles. The van der Waals surface area contributed by atoms with E-state index in [4.69, 9.17) is 4.99 Å². The summed E-state index contributed by atoms with van der Waals surface area (Å²) in [7, 11) is 0. The number of hydrogen-bond acceptors (Lipinski definition) is 2. The van der Waals surface area contributed by atoms with E-state index >= 15 is 0 Å². The molecule has 0 radical (unpaired) electrons. The van der Waals surface area contributed by atoms with Crippen LogP contribution in [0.3, 0.4) is 0 Å². The van der Waals surface area contributed by atoms with Crippen LogP contribution >= 0.6 is 39.9 Å². The van der Waals surface area contributed by atoms with Crippen molar-refractivity contribution in [2.75, 3.05) is 26.2 Å². The van der Waals surface area contributed by atoms with E-state index in [9.17, 15) is 4.79 Å². The molecule has 0 atom stereocenters. The smallest absolute Gasteiger partial charge is 0.223 e. The van der Waals surface area contributed by atoms with E-state index < -0.39 is 0 Å². The lowest BCUT2D eigenvalue weighted by atomic mass is 9.85. The van der Waals surface area contributed by atoms with Gasteiger partial charge in [-0.25, -0.2) is 0 Å². The summed E-state index contributed by atoms with van der Waals surface area (Å²) in [6.45, 7) is 9.21. The molecule has 5 nitrogen and oxygen atoms in total. The normalized spacial score (nSPS) is 14.4. The van der Waals surface area contributed by atoms with E-state index in [0.29, 0.717) is 19.6 Å². The van der Waals surface area contributed by atoms with E-state index in [1.54, 1.807) is 0 Å². The lowest BCUT2D eigenvalue weighted by molar-refractivity contribution is -0.122. The number of benzene rings is 1. The van der Waals surface area contributed by atoms with E-state index in [1.807, 2.05) is 6.92 Å². The van der Waals surface area contributed by atoms with Crippen LogP contribution < -0.4 is 16.0 Å². The molecule has 1 saturated carbocycles. The third-order valence-corrected chi connectivity index (χ3v) is 4.80. The number of amides is 1. The monoisotopic (exact) mass is 536 g/mol. The van der Waals surface area contributed by atoms with E-state index in [0.717, 1.165) is 29.8 Å². The summed E-state index contributed by atoms with van der Waals surface area (Å²) in [4.78, 5) is 16.3. The molecule has 1 aliphatic rings. The fourth-order valence-corrected chi connectivity index (χ4v) is 2.73. The number of rotatable bonds is 8. The molecule has 0 aromatic heterocycles. The minimum absolute atomic E-state index is 0. The fourth-order valence-electron chi connectivity index (χ4n) is 2.47. The van der Waals surface area contributed by atoms with Gasteiger partial charge in [0.1, 0.15) is 0 Å². The minimum Gasteiger partial charge on any atom is -0.357 e. The van der Waals surface area contributed by atoms with E-state index in [1.165, 1.54) is 5.56 Å². The van der Waals surface area contributed by atoms with E-state index in [-0.39, 0.29) is 41.2 Å². The van der Waals surface area contributed by atoms with Gasteiger partial charge in [0.2, 0.25) is 5.91 Å². The average Bonchev–Trinajstić information content (AvgIpc) is 3.41. The third kappa shape index (κ3) is 7.82. The molecule has 146 valence electrons. The fraction of sp³-hybridized carbons (Fsp3) is 0.579. The second-order valence-corrected chi connectivity index (χ2v) is 7.99. The molecule has 1 aliphatic carbocycles. The second kappa shape index (κ2) is 11.1. The van der Waals surface area contributed by atoms with Gasteiger partial charge in [0, 0.05) is 35.4 Å². The van der Waals surface area contributed by atoms with Gasteiger partial charge in [0.25, 0.3) is 0 Å². The number of halogens is 2. The summed E-state index contributed by atoms with van der Waals surface area (Å²) in [6, 6.07) is 8.39. The maximum Gasteiger partial charge on any atom is 0.223 e. The standard InChI is InChI=1S/C19H29BrN4O.HI/c1-4-21-18(23-12-11-22-17(25)14-5-6-14)24-13-19(2,3)15-7-9-16(20)10-8-15;/h7-10,14H,4-6,11-13H2,1-3H3,(H,22,25)(H2,21,23,24);1H. The zero-order chi connectivity index (χ0) is 18.3. The Labute approximate surface area is 182 Å². The van der Waals surface area contributed by atoms with Crippen molar-refractivity contribution in [3.05, 3.63) is 34.3 Å². The van der Waals surface area contributed by atoms with Crippen LogP contribution in [0.25, 0.3) is 0 Å². The van der Waals surface area contributed by atoms with Crippen LogP contribution in [0.5, 0.6) is 0 Å². The van der Waals surface area contributed by atoms with Gasteiger partial charge in [0.05, 0.1) is 6.54 Å². The highest BCUT2D eigenvalue weighted by molar-refractivity contribution is 14.0. The van der Waals surface area contributed by atoms with Crippen molar-refractivity contribution in [3.8, 4) is 0 Å². The SMILES string of the molecule is CCNC(=NCC(C)(C)c1ccc(Br)cc1)NCCNC(=O)C1CC1.I. The van der Waals surface area contributed by atoms with Crippen molar-refractivity contribution < 1.29 is 4.79 Å². The molecule has 26 heavy (non-hydrogen) atoms. The molecule has 1 amide bonds. The Bertz CT molecular complexity index is 600. The van der Waals surface area contributed by atoms with Crippen LogP contribution in [0.1, 0.15) is 39.2 Å². The lowest BCUT2D eigenvalue weighted by Gasteiger charge is -2.24. The topological polar surface area (TPSA) is 65.5 Å². The van der Waals surface area contributed by atoms with Gasteiger partial charge in [-0.05, 0) is 37.5 Å². The second-order valence-electron chi connectivity index (χ2n) is 7.08. The molecule has 1 aromatic carbocycles. The molecular weight excluding hydrogens is 507 g/mol. The first kappa shape index (κ1) is 23.2. The van der Waals surface area contributed by atoms with Gasteiger partial charge in [-0.3, -0.25) is 9.79 Å². The van der Waals surface area contributed by atoms with Crippen molar-refractivity contribution >= 4 is 51.8 Å². The first-order chi connectivity index (χ1) is 11.9. The number of carbonyl (C=O) groups is 1. The van der Waals surface area contributed by atoms with Crippen molar-refractivity contribution in [2.45, 2.75) is 39.0 Å². The number of nitrogens with one attached hydrogen (secondary N) is 3. The molecule has 1 fully saturated rings.